The van der Waals surface area contributed by atoms with Crippen molar-refractivity contribution in [2.75, 3.05) is 19.7 Å². The van der Waals surface area contributed by atoms with Crippen molar-refractivity contribution in [2.45, 2.75) is 64.3 Å². The second-order valence-electron chi connectivity index (χ2n) is 6.00. The van der Waals surface area contributed by atoms with Crippen LogP contribution < -0.4 is 0 Å². The maximum Gasteiger partial charge on any atom is 0.323 e. The minimum Gasteiger partial charge on any atom is -0.465 e. The van der Waals surface area contributed by atoms with Crippen molar-refractivity contribution in [3.8, 4) is 0 Å². The molecule has 0 amide bonds. The molecule has 0 aromatic heterocycles. The van der Waals surface area contributed by atoms with Crippen LogP contribution in [0.4, 0.5) is 0 Å². The van der Waals surface area contributed by atoms with Crippen LogP contribution in [-0.2, 0) is 14.3 Å². The van der Waals surface area contributed by atoms with Crippen LogP contribution in [0.15, 0.2) is 0 Å². The van der Waals surface area contributed by atoms with Crippen LogP contribution in [0.25, 0.3) is 0 Å². The largest absolute Gasteiger partial charge is 0.465 e. The van der Waals surface area contributed by atoms with Gasteiger partial charge >= 0.3 is 5.97 Å². The van der Waals surface area contributed by atoms with Crippen molar-refractivity contribution in [3.63, 3.8) is 0 Å². The molecule has 1 aliphatic carbocycles. The Kier molecular flexibility index (Phi) is 6.02. The Labute approximate surface area is 121 Å². The normalized spacial score (nSPS) is 24.8. The molecule has 20 heavy (non-hydrogen) atoms. The molecule has 114 valence electrons. The number of ether oxygens (including phenoxy) is 1. The number of esters is 1. The number of Topliss-reactive ketones (excluding diaryl/α,β-unsaturated/α-hetero) is 1. The molecule has 0 radical (unpaired) electrons. The number of hydrogen-bond donors (Lipinski definition) is 0. The molecule has 1 aliphatic heterocycles. The predicted molar refractivity (Wildman–Crippen MR) is 77.4 cm³/mol. The Morgan fingerprint density at radius 3 is 2.55 bits per heavy atom. The molecule has 2 fully saturated rings. The summed E-state index contributed by atoms with van der Waals surface area (Å²) in [6.07, 6.45) is 8.32. The Morgan fingerprint density at radius 2 is 1.85 bits per heavy atom. The lowest BCUT2D eigenvalue weighted by Gasteiger charge is -2.24. The lowest BCUT2D eigenvalue weighted by atomic mass is 9.85. The van der Waals surface area contributed by atoms with Gasteiger partial charge in [0.15, 0.2) is 0 Å². The number of carbonyl (C=O) groups excluding carboxylic acids is 2. The van der Waals surface area contributed by atoms with Crippen LogP contribution in [-0.4, -0.2) is 42.4 Å². The van der Waals surface area contributed by atoms with Crippen LogP contribution in [0.1, 0.15) is 58.3 Å². The van der Waals surface area contributed by atoms with Gasteiger partial charge in [0, 0.05) is 18.9 Å². The molecule has 4 nitrogen and oxygen atoms in total. The molecule has 1 saturated carbocycles. The van der Waals surface area contributed by atoms with Crippen LogP contribution in [0.3, 0.4) is 0 Å². The monoisotopic (exact) mass is 281 g/mol. The van der Waals surface area contributed by atoms with E-state index in [-0.39, 0.29) is 17.9 Å². The van der Waals surface area contributed by atoms with Gasteiger partial charge in [-0.25, -0.2) is 0 Å². The SMILES string of the molecule is CCOC(=O)C1CCCN1CCC(=O)C1CCCCC1. The summed E-state index contributed by atoms with van der Waals surface area (Å²) in [5.74, 6) is 0.571. The van der Waals surface area contributed by atoms with E-state index in [1.807, 2.05) is 6.92 Å². The summed E-state index contributed by atoms with van der Waals surface area (Å²) in [6, 6.07) is -0.117. The van der Waals surface area contributed by atoms with Crippen LogP contribution >= 0.6 is 0 Å². The first kappa shape index (κ1) is 15.5. The number of likely N-dealkylation sites (tertiary alicyclic amines) is 1. The van der Waals surface area contributed by atoms with Crippen molar-refractivity contribution < 1.29 is 14.3 Å². The number of hydrogen-bond acceptors (Lipinski definition) is 4. The molecule has 0 aromatic rings. The average molecular weight is 281 g/mol. The minimum absolute atomic E-state index is 0.116. The van der Waals surface area contributed by atoms with Gasteiger partial charge in [0.2, 0.25) is 0 Å². The Bertz CT molecular complexity index is 337. The zero-order valence-electron chi connectivity index (χ0n) is 12.6. The van der Waals surface area contributed by atoms with Crippen molar-refractivity contribution >= 4 is 11.8 Å². The highest BCUT2D eigenvalue weighted by molar-refractivity contribution is 5.81. The molecule has 0 N–H and O–H groups in total. The lowest BCUT2D eigenvalue weighted by molar-refractivity contribution is -0.148. The van der Waals surface area contributed by atoms with E-state index in [0.29, 0.717) is 18.8 Å². The topological polar surface area (TPSA) is 46.6 Å². The van der Waals surface area contributed by atoms with E-state index in [1.165, 1.54) is 19.3 Å². The standard InChI is InChI=1S/C16H27NO3/c1-2-20-16(19)14-9-6-11-17(14)12-10-15(18)13-7-4-3-5-8-13/h13-14H,2-12H2,1H3. The number of ketones is 1. The van der Waals surface area contributed by atoms with Crippen molar-refractivity contribution in [2.24, 2.45) is 5.92 Å². The van der Waals surface area contributed by atoms with E-state index < -0.39 is 0 Å². The fourth-order valence-electron chi connectivity index (χ4n) is 3.48. The van der Waals surface area contributed by atoms with Crippen molar-refractivity contribution in [1.82, 2.24) is 4.90 Å². The molecule has 4 heteroatoms. The molecule has 1 atom stereocenters. The number of nitrogens with zero attached hydrogens (tertiary/aromatic N) is 1. The van der Waals surface area contributed by atoms with Crippen molar-refractivity contribution in [3.05, 3.63) is 0 Å². The predicted octanol–water partition coefficient (Wildman–Crippen LogP) is 2.55. The molecule has 0 spiro atoms. The molecular weight excluding hydrogens is 254 g/mol. The summed E-state index contributed by atoms with van der Waals surface area (Å²) in [6.45, 7) is 3.91. The van der Waals surface area contributed by atoms with E-state index in [9.17, 15) is 9.59 Å². The first-order chi connectivity index (χ1) is 9.72. The van der Waals surface area contributed by atoms with Gasteiger partial charge in [-0.3, -0.25) is 14.5 Å². The molecule has 2 aliphatic rings. The third-order valence-corrected chi connectivity index (χ3v) is 4.63. The molecule has 2 rings (SSSR count). The summed E-state index contributed by atoms with van der Waals surface area (Å²) < 4.78 is 5.11. The van der Waals surface area contributed by atoms with Gasteiger partial charge in [-0.2, -0.15) is 0 Å². The van der Waals surface area contributed by atoms with E-state index >= 15 is 0 Å². The Morgan fingerprint density at radius 1 is 1.10 bits per heavy atom. The number of carbonyl (C=O) groups is 2. The smallest absolute Gasteiger partial charge is 0.323 e. The van der Waals surface area contributed by atoms with Gasteiger partial charge in [0.05, 0.1) is 6.61 Å². The molecule has 0 aromatic carbocycles. The summed E-state index contributed by atoms with van der Waals surface area (Å²) in [5, 5.41) is 0. The minimum atomic E-state index is -0.117. The van der Waals surface area contributed by atoms with E-state index in [2.05, 4.69) is 4.90 Å². The summed E-state index contributed by atoms with van der Waals surface area (Å²) in [7, 11) is 0. The van der Waals surface area contributed by atoms with E-state index in [1.54, 1.807) is 0 Å². The third kappa shape index (κ3) is 4.05. The molecule has 1 unspecified atom stereocenters. The summed E-state index contributed by atoms with van der Waals surface area (Å²) in [5.41, 5.74) is 0. The number of rotatable bonds is 6. The Balaban J connectivity index is 1.77. The molecule has 0 bridgehead atoms. The summed E-state index contributed by atoms with van der Waals surface area (Å²) in [4.78, 5) is 26.2. The molecule has 1 heterocycles. The van der Waals surface area contributed by atoms with Gasteiger partial charge < -0.3 is 4.74 Å². The maximum absolute atomic E-state index is 12.2. The van der Waals surface area contributed by atoms with Crippen molar-refractivity contribution in [1.29, 1.82) is 0 Å². The first-order valence-corrected chi connectivity index (χ1v) is 8.15. The van der Waals surface area contributed by atoms with Gasteiger partial charge in [0.1, 0.15) is 11.8 Å². The second-order valence-corrected chi connectivity index (χ2v) is 6.00. The van der Waals surface area contributed by atoms with Gasteiger partial charge in [-0.05, 0) is 39.2 Å². The highest BCUT2D eigenvalue weighted by Gasteiger charge is 2.32. The fourth-order valence-corrected chi connectivity index (χ4v) is 3.48. The average Bonchev–Trinajstić information content (AvgIpc) is 2.94. The highest BCUT2D eigenvalue weighted by atomic mass is 16.5. The van der Waals surface area contributed by atoms with Gasteiger partial charge in [0.25, 0.3) is 0 Å². The lowest BCUT2D eigenvalue weighted by Crippen LogP contribution is -2.39. The van der Waals surface area contributed by atoms with Crippen LogP contribution in [0.2, 0.25) is 0 Å². The first-order valence-electron chi connectivity index (χ1n) is 8.15. The summed E-state index contributed by atoms with van der Waals surface area (Å²) >= 11 is 0. The Hall–Kier alpha value is -0.900. The second kappa shape index (κ2) is 7.77. The third-order valence-electron chi connectivity index (χ3n) is 4.63. The van der Waals surface area contributed by atoms with Crippen LogP contribution in [0, 0.1) is 5.92 Å². The van der Waals surface area contributed by atoms with E-state index in [4.69, 9.17) is 4.74 Å². The van der Waals surface area contributed by atoms with E-state index in [0.717, 1.165) is 38.8 Å². The quantitative estimate of drug-likeness (QED) is 0.702. The van der Waals surface area contributed by atoms with Gasteiger partial charge in [-0.15, -0.1) is 0 Å². The fraction of sp³-hybridized carbons (Fsp3) is 0.875. The van der Waals surface area contributed by atoms with Gasteiger partial charge in [-0.1, -0.05) is 19.3 Å². The maximum atomic E-state index is 12.2. The molecule has 1 saturated heterocycles. The zero-order valence-corrected chi connectivity index (χ0v) is 12.6. The van der Waals surface area contributed by atoms with Crippen LogP contribution in [0.5, 0.6) is 0 Å². The zero-order chi connectivity index (χ0) is 14.4. The highest BCUT2D eigenvalue weighted by Crippen LogP contribution is 2.26. The molecular formula is C16H27NO3.